The van der Waals surface area contributed by atoms with Crippen molar-refractivity contribution in [2.75, 3.05) is 5.32 Å². The molecular formula is C14H14FN3O2S. The third-order valence-electron chi connectivity index (χ3n) is 2.91. The summed E-state index contributed by atoms with van der Waals surface area (Å²) in [4.78, 5) is 13.2. The number of anilines is 1. The summed E-state index contributed by atoms with van der Waals surface area (Å²) in [5, 5.41) is 16.0. The summed E-state index contributed by atoms with van der Waals surface area (Å²) < 4.78 is 13.6. The number of rotatable bonds is 5. The van der Waals surface area contributed by atoms with Crippen molar-refractivity contribution >= 4 is 28.8 Å². The zero-order chi connectivity index (χ0) is 15.2. The number of carbonyl (C=O) groups is 1. The van der Waals surface area contributed by atoms with Crippen molar-refractivity contribution in [1.82, 2.24) is 0 Å². The summed E-state index contributed by atoms with van der Waals surface area (Å²) in [5.41, 5.74) is 5.64. The second-order valence-corrected chi connectivity index (χ2v) is 5.36. The summed E-state index contributed by atoms with van der Waals surface area (Å²) >= 11 is 1.46. The highest BCUT2D eigenvalue weighted by Crippen LogP contribution is 2.18. The van der Waals surface area contributed by atoms with Crippen LogP contribution in [0.3, 0.4) is 0 Å². The molecule has 0 fully saturated rings. The average molecular weight is 307 g/mol. The summed E-state index contributed by atoms with van der Waals surface area (Å²) in [6, 6.07) is 9.51. The average Bonchev–Trinajstić information content (AvgIpc) is 2.99. The molecule has 21 heavy (non-hydrogen) atoms. The number of thiophene rings is 1. The van der Waals surface area contributed by atoms with Crippen LogP contribution in [-0.4, -0.2) is 17.0 Å². The number of nitrogens with one attached hydrogen (secondary N) is 1. The van der Waals surface area contributed by atoms with E-state index in [1.54, 1.807) is 6.07 Å². The number of benzene rings is 1. The molecule has 1 aromatic carbocycles. The SMILES string of the molecule is N/C(=N/O)[C@H](Cc1cccs1)C(=O)Nc1ccccc1F. The van der Waals surface area contributed by atoms with E-state index in [1.165, 1.54) is 29.5 Å². The minimum absolute atomic E-state index is 0.0596. The second-order valence-electron chi connectivity index (χ2n) is 4.33. The van der Waals surface area contributed by atoms with Crippen LogP contribution in [0.1, 0.15) is 4.88 Å². The second kappa shape index (κ2) is 6.85. The fraction of sp³-hybridized carbons (Fsp3) is 0.143. The van der Waals surface area contributed by atoms with Crippen LogP contribution >= 0.6 is 11.3 Å². The molecule has 0 saturated carbocycles. The monoisotopic (exact) mass is 307 g/mol. The number of amidine groups is 1. The van der Waals surface area contributed by atoms with Gasteiger partial charge < -0.3 is 16.3 Å². The van der Waals surface area contributed by atoms with E-state index < -0.39 is 17.6 Å². The quantitative estimate of drug-likeness (QED) is 0.343. The summed E-state index contributed by atoms with van der Waals surface area (Å²) in [5.74, 6) is -2.14. The van der Waals surface area contributed by atoms with Gasteiger partial charge in [-0.25, -0.2) is 4.39 Å². The molecule has 2 aromatic rings. The zero-order valence-electron chi connectivity index (χ0n) is 11.0. The van der Waals surface area contributed by atoms with E-state index in [-0.39, 0.29) is 17.9 Å². The van der Waals surface area contributed by atoms with Gasteiger partial charge in [-0.05, 0) is 23.6 Å². The molecule has 2 rings (SSSR count). The standard InChI is InChI=1S/C14H14FN3O2S/c15-11-5-1-2-6-12(11)17-14(19)10(13(16)18-20)8-9-4-3-7-21-9/h1-7,10,20H,8H2,(H2,16,18)(H,17,19)/t10-/m0/s1. The van der Waals surface area contributed by atoms with Crippen LogP contribution in [0.2, 0.25) is 0 Å². The van der Waals surface area contributed by atoms with Crippen molar-refractivity contribution in [3.8, 4) is 0 Å². The Hall–Kier alpha value is -2.41. The molecule has 0 bridgehead atoms. The summed E-state index contributed by atoms with van der Waals surface area (Å²) in [7, 11) is 0. The summed E-state index contributed by atoms with van der Waals surface area (Å²) in [6.45, 7) is 0. The highest BCUT2D eigenvalue weighted by molar-refractivity contribution is 7.09. The number of oxime groups is 1. The molecule has 0 aliphatic heterocycles. The first-order valence-corrected chi connectivity index (χ1v) is 7.05. The van der Waals surface area contributed by atoms with Crippen LogP contribution < -0.4 is 11.1 Å². The van der Waals surface area contributed by atoms with Crippen molar-refractivity contribution in [3.63, 3.8) is 0 Å². The lowest BCUT2D eigenvalue weighted by Gasteiger charge is -2.15. The van der Waals surface area contributed by atoms with E-state index in [9.17, 15) is 9.18 Å². The number of hydrogen-bond acceptors (Lipinski definition) is 4. The molecule has 0 aliphatic rings. The molecule has 0 saturated heterocycles. The van der Waals surface area contributed by atoms with E-state index in [2.05, 4.69) is 10.5 Å². The maximum Gasteiger partial charge on any atom is 0.235 e. The third-order valence-corrected chi connectivity index (χ3v) is 3.80. The number of carbonyl (C=O) groups excluding carboxylic acids is 1. The van der Waals surface area contributed by atoms with E-state index in [0.29, 0.717) is 0 Å². The van der Waals surface area contributed by atoms with Gasteiger partial charge in [0.25, 0.3) is 0 Å². The molecule has 4 N–H and O–H groups in total. The Balaban J connectivity index is 2.17. The van der Waals surface area contributed by atoms with Crippen LogP contribution in [0.15, 0.2) is 46.9 Å². The van der Waals surface area contributed by atoms with E-state index >= 15 is 0 Å². The largest absolute Gasteiger partial charge is 0.409 e. The molecule has 1 atom stereocenters. The molecule has 1 aromatic heterocycles. The maximum atomic E-state index is 13.6. The van der Waals surface area contributed by atoms with Gasteiger partial charge in [0.2, 0.25) is 5.91 Å². The summed E-state index contributed by atoms with van der Waals surface area (Å²) in [6.07, 6.45) is 0.286. The number of halogens is 1. The zero-order valence-corrected chi connectivity index (χ0v) is 11.8. The van der Waals surface area contributed by atoms with Crippen molar-refractivity contribution < 1.29 is 14.4 Å². The van der Waals surface area contributed by atoms with Crippen LogP contribution in [0, 0.1) is 11.7 Å². The van der Waals surface area contributed by atoms with E-state index in [0.717, 1.165) is 4.88 Å². The minimum Gasteiger partial charge on any atom is -0.409 e. The van der Waals surface area contributed by atoms with Crippen molar-refractivity contribution in [3.05, 3.63) is 52.5 Å². The predicted octanol–water partition coefficient (Wildman–Crippen LogP) is 2.43. The third kappa shape index (κ3) is 3.79. The molecule has 0 radical (unpaired) electrons. The highest BCUT2D eigenvalue weighted by atomic mass is 32.1. The van der Waals surface area contributed by atoms with Gasteiger partial charge in [-0.2, -0.15) is 0 Å². The number of para-hydroxylation sites is 1. The van der Waals surface area contributed by atoms with Crippen LogP contribution in [0.5, 0.6) is 0 Å². The van der Waals surface area contributed by atoms with Crippen molar-refractivity contribution in [2.45, 2.75) is 6.42 Å². The molecule has 5 nitrogen and oxygen atoms in total. The Morgan fingerprint density at radius 2 is 2.14 bits per heavy atom. The number of hydrogen-bond donors (Lipinski definition) is 3. The van der Waals surface area contributed by atoms with Gasteiger partial charge in [-0.3, -0.25) is 4.79 Å². The predicted molar refractivity (Wildman–Crippen MR) is 80.0 cm³/mol. The van der Waals surface area contributed by atoms with Crippen LogP contribution in [0.4, 0.5) is 10.1 Å². The lowest BCUT2D eigenvalue weighted by Crippen LogP contribution is -2.36. The van der Waals surface area contributed by atoms with Gasteiger partial charge >= 0.3 is 0 Å². The molecule has 0 aliphatic carbocycles. The van der Waals surface area contributed by atoms with Crippen molar-refractivity contribution in [1.29, 1.82) is 0 Å². The molecule has 0 unspecified atom stereocenters. The Morgan fingerprint density at radius 3 is 2.76 bits per heavy atom. The lowest BCUT2D eigenvalue weighted by atomic mass is 10.0. The number of amides is 1. The molecule has 1 heterocycles. The lowest BCUT2D eigenvalue weighted by molar-refractivity contribution is -0.118. The Labute approximate surface area is 124 Å². The Morgan fingerprint density at radius 1 is 1.38 bits per heavy atom. The van der Waals surface area contributed by atoms with Crippen molar-refractivity contribution in [2.24, 2.45) is 16.8 Å². The first-order chi connectivity index (χ1) is 10.1. The Bertz CT molecular complexity index is 643. The highest BCUT2D eigenvalue weighted by Gasteiger charge is 2.25. The van der Waals surface area contributed by atoms with Gasteiger partial charge in [0, 0.05) is 11.3 Å². The molecule has 7 heteroatoms. The van der Waals surface area contributed by atoms with Gasteiger partial charge in [-0.15, -0.1) is 11.3 Å². The van der Waals surface area contributed by atoms with E-state index in [1.807, 2.05) is 17.5 Å². The fourth-order valence-electron chi connectivity index (χ4n) is 1.81. The normalized spacial score (nSPS) is 12.9. The van der Waals surface area contributed by atoms with Gasteiger partial charge in [-0.1, -0.05) is 23.4 Å². The maximum absolute atomic E-state index is 13.6. The van der Waals surface area contributed by atoms with Gasteiger partial charge in [0.15, 0.2) is 5.84 Å². The van der Waals surface area contributed by atoms with Crippen LogP contribution in [0.25, 0.3) is 0 Å². The smallest absolute Gasteiger partial charge is 0.235 e. The van der Waals surface area contributed by atoms with Crippen LogP contribution in [-0.2, 0) is 11.2 Å². The Kier molecular flexibility index (Phi) is 4.89. The first kappa shape index (κ1) is 15.0. The number of nitrogens with two attached hydrogens (primary N) is 1. The molecular weight excluding hydrogens is 293 g/mol. The fourth-order valence-corrected chi connectivity index (χ4v) is 2.57. The minimum atomic E-state index is -0.867. The first-order valence-electron chi connectivity index (χ1n) is 6.17. The molecule has 0 spiro atoms. The number of nitrogens with zero attached hydrogens (tertiary/aromatic N) is 1. The topological polar surface area (TPSA) is 87.7 Å². The van der Waals surface area contributed by atoms with Gasteiger partial charge in [0.05, 0.1) is 5.69 Å². The van der Waals surface area contributed by atoms with Gasteiger partial charge in [0.1, 0.15) is 11.7 Å². The molecule has 1 amide bonds. The van der Waals surface area contributed by atoms with E-state index in [4.69, 9.17) is 10.9 Å². The molecule has 110 valence electrons.